The number of ether oxygens (including phenoxy) is 1. The zero-order valence-corrected chi connectivity index (χ0v) is 14.9. The summed E-state index contributed by atoms with van der Waals surface area (Å²) in [5.41, 5.74) is 7.99. The van der Waals surface area contributed by atoms with Gasteiger partial charge in [0.15, 0.2) is 0 Å². The first-order chi connectivity index (χ1) is 11.3. The number of rotatable bonds is 3. The third-order valence-electron chi connectivity index (χ3n) is 3.51. The van der Waals surface area contributed by atoms with E-state index in [4.69, 9.17) is 10.5 Å². The van der Waals surface area contributed by atoms with Crippen molar-refractivity contribution in [1.82, 2.24) is 9.38 Å². The van der Waals surface area contributed by atoms with Crippen molar-refractivity contribution < 1.29 is 9.13 Å². The minimum absolute atomic E-state index is 0.0367. The van der Waals surface area contributed by atoms with Gasteiger partial charge in [0.2, 0.25) is 0 Å². The van der Waals surface area contributed by atoms with E-state index in [0.29, 0.717) is 0 Å². The number of imidazole rings is 1. The predicted molar refractivity (Wildman–Crippen MR) is 97.2 cm³/mol. The molecule has 0 fully saturated rings. The standard InChI is InChI=1S/C18H20FN3OS/c1-18(2,3)24-16-10-22-14(9-21-17(22)8-15(16)23-4)11-5-6-13(20)12(19)7-11/h5-10H,20H2,1-4H3. The van der Waals surface area contributed by atoms with Crippen molar-refractivity contribution in [2.75, 3.05) is 12.8 Å². The molecule has 0 aliphatic carbocycles. The van der Waals surface area contributed by atoms with Gasteiger partial charge in [-0.15, -0.1) is 11.8 Å². The number of benzene rings is 1. The lowest BCUT2D eigenvalue weighted by atomic mass is 10.1. The molecule has 0 aliphatic rings. The normalized spacial score (nSPS) is 11.9. The Bertz CT molecular complexity index is 899. The molecule has 0 spiro atoms. The molecule has 0 aliphatic heterocycles. The fraction of sp³-hybridized carbons (Fsp3) is 0.278. The van der Waals surface area contributed by atoms with Gasteiger partial charge in [0.25, 0.3) is 0 Å². The van der Waals surface area contributed by atoms with Crippen molar-refractivity contribution in [3.63, 3.8) is 0 Å². The van der Waals surface area contributed by atoms with E-state index in [2.05, 4.69) is 25.8 Å². The third kappa shape index (κ3) is 3.19. The van der Waals surface area contributed by atoms with E-state index in [0.717, 1.165) is 27.5 Å². The molecule has 0 unspecified atom stereocenters. The highest BCUT2D eigenvalue weighted by Gasteiger charge is 2.18. The van der Waals surface area contributed by atoms with E-state index in [-0.39, 0.29) is 10.4 Å². The maximum absolute atomic E-state index is 13.8. The summed E-state index contributed by atoms with van der Waals surface area (Å²) in [7, 11) is 1.65. The number of halogens is 1. The zero-order valence-electron chi connectivity index (χ0n) is 14.1. The highest BCUT2D eigenvalue weighted by Crippen LogP contribution is 2.39. The molecule has 3 aromatic rings. The van der Waals surface area contributed by atoms with Crippen LogP contribution in [0.15, 0.2) is 41.6 Å². The molecular weight excluding hydrogens is 325 g/mol. The van der Waals surface area contributed by atoms with E-state index < -0.39 is 5.82 Å². The third-order valence-corrected chi connectivity index (χ3v) is 4.65. The van der Waals surface area contributed by atoms with Gasteiger partial charge in [-0.3, -0.25) is 4.40 Å². The van der Waals surface area contributed by atoms with E-state index in [9.17, 15) is 4.39 Å². The van der Waals surface area contributed by atoms with E-state index in [1.165, 1.54) is 6.07 Å². The topological polar surface area (TPSA) is 52.5 Å². The van der Waals surface area contributed by atoms with Crippen LogP contribution < -0.4 is 10.5 Å². The number of hydrogen-bond donors (Lipinski definition) is 1. The van der Waals surface area contributed by atoms with Crippen LogP contribution in [-0.4, -0.2) is 21.2 Å². The van der Waals surface area contributed by atoms with Crippen LogP contribution in [0.3, 0.4) is 0 Å². The molecule has 4 nitrogen and oxygen atoms in total. The minimum atomic E-state index is -0.430. The van der Waals surface area contributed by atoms with Gasteiger partial charge >= 0.3 is 0 Å². The highest BCUT2D eigenvalue weighted by molar-refractivity contribution is 8.00. The minimum Gasteiger partial charge on any atom is -0.495 e. The fourth-order valence-corrected chi connectivity index (χ4v) is 3.51. The number of hydrogen-bond acceptors (Lipinski definition) is 4. The first kappa shape index (κ1) is 16.6. The number of anilines is 1. The number of methoxy groups -OCH3 is 1. The molecule has 0 amide bonds. The molecule has 126 valence electrons. The second-order valence-electron chi connectivity index (χ2n) is 6.53. The van der Waals surface area contributed by atoms with E-state index in [1.54, 1.807) is 37.2 Å². The summed E-state index contributed by atoms with van der Waals surface area (Å²) >= 11 is 1.71. The quantitative estimate of drug-likeness (QED) is 0.556. The van der Waals surface area contributed by atoms with Crippen molar-refractivity contribution in [2.45, 2.75) is 30.4 Å². The number of nitrogens with two attached hydrogens (primary N) is 1. The lowest BCUT2D eigenvalue weighted by Crippen LogP contribution is -2.07. The number of nitrogen functional groups attached to an aromatic ring is 1. The summed E-state index contributed by atoms with van der Waals surface area (Å²) < 4.78 is 21.3. The van der Waals surface area contributed by atoms with Crippen LogP contribution in [0.25, 0.3) is 16.9 Å². The predicted octanol–water partition coefficient (Wildman–Crippen LogP) is 4.62. The molecule has 24 heavy (non-hydrogen) atoms. The van der Waals surface area contributed by atoms with Crippen molar-refractivity contribution >= 4 is 23.1 Å². The summed E-state index contributed by atoms with van der Waals surface area (Å²) in [6.45, 7) is 6.43. The molecule has 2 N–H and O–H groups in total. The molecule has 1 aromatic carbocycles. The van der Waals surface area contributed by atoms with Gasteiger partial charge in [-0.1, -0.05) is 26.8 Å². The van der Waals surface area contributed by atoms with Gasteiger partial charge in [-0.2, -0.15) is 0 Å². The molecule has 2 heterocycles. The van der Waals surface area contributed by atoms with Crippen molar-refractivity contribution in [2.24, 2.45) is 0 Å². The Kier molecular flexibility index (Phi) is 4.17. The van der Waals surface area contributed by atoms with Crippen molar-refractivity contribution in [3.05, 3.63) is 42.5 Å². The summed E-state index contributed by atoms with van der Waals surface area (Å²) in [5, 5.41) is 0. The smallest absolute Gasteiger partial charge is 0.146 e. The fourth-order valence-electron chi connectivity index (χ4n) is 2.45. The number of aromatic nitrogens is 2. The highest BCUT2D eigenvalue weighted by atomic mass is 32.2. The molecule has 6 heteroatoms. The lowest BCUT2D eigenvalue weighted by Gasteiger charge is -2.19. The van der Waals surface area contributed by atoms with Crippen LogP contribution in [0, 0.1) is 5.82 Å². The molecule has 0 atom stereocenters. The summed E-state index contributed by atoms with van der Waals surface area (Å²) in [6, 6.07) is 6.69. The Morgan fingerprint density at radius 3 is 2.62 bits per heavy atom. The second kappa shape index (κ2) is 6.02. The molecule has 2 aromatic heterocycles. The van der Waals surface area contributed by atoms with Gasteiger partial charge < -0.3 is 10.5 Å². The Morgan fingerprint density at radius 1 is 1.25 bits per heavy atom. The van der Waals surface area contributed by atoms with E-state index >= 15 is 0 Å². The molecule has 0 radical (unpaired) electrons. The zero-order chi connectivity index (χ0) is 17.5. The Balaban J connectivity index is 2.16. The van der Waals surface area contributed by atoms with Crippen LogP contribution >= 0.6 is 11.8 Å². The van der Waals surface area contributed by atoms with Gasteiger partial charge in [0, 0.05) is 22.6 Å². The number of pyridine rings is 1. The maximum Gasteiger partial charge on any atom is 0.146 e. The van der Waals surface area contributed by atoms with Gasteiger partial charge in [-0.05, 0) is 12.1 Å². The van der Waals surface area contributed by atoms with Crippen LogP contribution in [-0.2, 0) is 0 Å². The second-order valence-corrected chi connectivity index (χ2v) is 8.40. The maximum atomic E-state index is 13.8. The first-order valence-corrected chi connectivity index (χ1v) is 8.39. The summed E-state index contributed by atoms with van der Waals surface area (Å²) in [5.74, 6) is 0.350. The van der Waals surface area contributed by atoms with Gasteiger partial charge in [0.05, 0.1) is 29.6 Å². The van der Waals surface area contributed by atoms with Gasteiger partial charge in [0.1, 0.15) is 17.2 Å². The van der Waals surface area contributed by atoms with Crippen LogP contribution in [0.1, 0.15) is 20.8 Å². The average Bonchev–Trinajstić information content (AvgIpc) is 2.90. The molecule has 0 saturated heterocycles. The lowest BCUT2D eigenvalue weighted by molar-refractivity contribution is 0.404. The summed E-state index contributed by atoms with van der Waals surface area (Å²) in [4.78, 5) is 5.42. The monoisotopic (exact) mass is 345 g/mol. The Labute approximate surface area is 144 Å². The van der Waals surface area contributed by atoms with Crippen LogP contribution in [0.2, 0.25) is 0 Å². The number of fused-ring (bicyclic) bond motifs is 1. The molecule has 3 rings (SSSR count). The van der Waals surface area contributed by atoms with Crippen molar-refractivity contribution in [1.29, 1.82) is 0 Å². The number of thioether (sulfide) groups is 1. The van der Waals surface area contributed by atoms with Gasteiger partial charge in [-0.25, -0.2) is 9.37 Å². The first-order valence-electron chi connectivity index (χ1n) is 7.58. The van der Waals surface area contributed by atoms with Crippen LogP contribution in [0.4, 0.5) is 10.1 Å². The molecular formula is C18H20FN3OS. The molecule has 0 bridgehead atoms. The SMILES string of the molecule is COc1cc2ncc(-c3ccc(N)c(F)c3)n2cc1SC(C)(C)C. The number of nitrogens with zero attached hydrogens (tertiary/aromatic N) is 2. The molecule has 0 saturated carbocycles. The van der Waals surface area contributed by atoms with E-state index in [1.807, 2.05) is 16.7 Å². The van der Waals surface area contributed by atoms with Crippen LogP contribution in [0.5, 0.6) is 5.75 Å². The average molecular weight is 345 g/mol. The largest absolute Gasteiger partial charge is 0.495 e. The van der Waals surface area contributed by atoms with Crippen molar-refractivity contribution in [3.8, 4) is 17.0 Å². The Morgan fingerprint density at radius 2 is 2.00 bits per heavy atom. The Hall–Kier alpha value is -2.21. The summed E-state index contributed by atoms with van der Waals surface area (Å²) in [6.07, 6.45) is 3.71.